The number of carbonyl (C=O) groups excluding carboxylic acids is 2. The maximum atomic E-state index is 11.5. The summed E-state index contributed by atoms with van der Waals surface area (Å²) in [7, 11) is 0. The van der Waals surface area contributed by atoms with Gasteiger partial charge >= 0.3 is 0 Å². The van der Waals surface area contributed by atoms with Gasteiger partial charge in [-0.25, -0.2) is 0 Å². The Hall–Kier alpha value is -0.900. The summed E-state index contributed by atoms with van der Waals surface area (Å²) in [6.07, 6.45) is 2.32. The molecule has 15 heavy (non-hydrogen) atoms. The van der Waals surface area contributed by atoms with E-state index in [1.807, 2.05) is 6.92 Å². The fourth-order valence-electron chi connectivity index (χ4n) is 2.00. The molecule has 0 aromatic rings. The quantitative estimate of drug-likeness (QED) is 0.724. The first-order valence-corrected chi connectivity index (χ1v) is 5.66. The van der Waals surface area contributed by atoms with E-state index >= 15 is 0 Å². The number of rotatable bonds is 5. The van der Waals surface area contributed by atoms with E-state index in [9.17, 15) is 9.59 Å². The minimum Gasteiger partial charge on any atom is -0.353 e. The number of carbonyl (C=O) groups is 2. The van der Waals surface area contributed by atoms with Gasteiger partial charge in [0.2, 0.25) is 5.91 Å². The normalized spacial score (nSPS) is 22.5. The van der Waals surface area contributed by atoms with Crippen molar-refractivity contribution in [1.29, 1.82) is 0 Å². The summed E-state index contributed by atoms with van der Waals surface area (Å²) < 4.78 is 0. The van der Waals surface area contributed by atoms with Crippen molar-refractivity contribution in [1.82, 2.24) is 10.2 Å². The monoisotopic (exact) mass is 212 g/mol. The summed E-state index contributed by atoms with van der Waals surface area (Å²) in [5, 5.41) is 2.86. The molecule has 4 heteroatoms. The first-order valence-electron chi connectivity index (χ1n) is 5.66. The average Bonchev–Trinajstić information content (AvgIpc) is 2.17. The van der Waals surface area contributed by atoms with E-state index in [-0.39, 0.29) is 17.7 Å². The number of amides is 1. The molecule has 4 nitrogen and oxygen atoms in total. The molecule has 1 aliphatic heterocycles. The van der Waals surface area contributed by atoms with Crippen molar-refractivity contribution in [3.63, 3.8) is 0 Å². The molecule has 0 saturated carbocycles. The molecule has 0 aromatic carbocycles. The predicted octanol–water partition coefficient (Wildman–Crippen LogP) is 0.566. The smallest absolute Gasteiger partial charge is 0.237 e. The number of hydrogen-bond donors (Lipinski definition) is 1. The van der Waals surface area contributed by atoms with Gasteiger partial charge in [-0.15, -0.1) is 0 Å². The van der Waals surface area contributed by atoms with Crippen molar-refractivity contribution in [2.45, 2.75) is 39.2 Å². The lowest BCUT2D eigenvalue weighted by Crippen LogP contribution is -2.55. The highest BCUT2D eigenvalue weighted by Gasteiger charge is 2.27. The van der Waals surface area contributed by atoms with Crippen LogP contribution in [0, 0.1) is 0 Å². The van der Waals surface area contributed by atoms with Crippen LogP contribution in [0.25, 0.3) is 0 Å². The number of ketones is 1. The molecule has 1 atom stereocenters. The highest BCUT2D eigenvalue weighted by molar-refractivity contribution is 5.82. The summed E-state index contributed by atoms with van der Waals surface area (Å²) in [5.41, 5.74) is 0. The Kier molecular flexibility index (Phi) is 4.75. The molecule has 0 bridgehead atoms. The third-order valence-corrected chi connectivity index (χ3v) is 2.80. The van der Waals surface area contributed by atoms with E-state index in [2.05, 4.69) is 10.2 Å². The molecule has 1 unspecified atom stereocenters. The molecule has 86 valence electrons. The van der Waals surface area contributed by atoms with Gasteiger partial charge < -0.3 is 10.1 Å². The van der Waals surface area contributed by atoms with Gasteiger partial charge in [-0.05, 0) is 26.3 Å². The van der Waals surface area contributed by atoms with Gasteiger partial charge in [0.1, 0.15) is 5.78 Å². The molecule has 1 amide bonds. The van der Waals surface area contributed by atoms with Crippen molar-refractivity contribution < 1.29 is 9.59 Å². The van der Waals surface area contributed by atoms with Gasteiger partial charge in [-0.2, -0.15) is 0 Å². The minimum atomic E-state index is 0.00529. The number of nitrogens with zero attached hydrogens (tertiary/aromatic N) is 1. The average molecular weight is 212 g/mol. The fraction of sp³-hybridized carbons (Fsp3) is 0.818. The van der Waals surface area contributed by atoms with Gasteiger partial charge in [-0.3, -0.25) is 9.69 Å². The van der Waals surface area contributed by atoms with Crippen LogP contribution in [-0.2, 0) is 9.59 Å². The highest BCUT2D eigenvalue weighted by Crippen LogP contribution is 2.09. The predicted molar refractivity (Wildman–Crippen MR) is 58.6 cm³/mol. The Labute approximate surface area is 91.0 Å². The molecule has 1 aliphatic rings. The third-order valence-electron chi connectivity index (χ3n) is 2.80. The summed E-state index contributed by atoms with van der Waals surface area (Å²) in [6, 6.07) is 0.00529. The SMILES string of the molecule is CCC1C(=O)NCCN1CCCC(C)=O. The van der Waals surface area contributed by atoms with E-state index in [1.54, 1.807) is 6.92 Å². The van der Waals surface area contributed by atoms with E-state index in [0.29, 0.717) is 6.42 Å². The van der Waals surface area contributed by atoms with Crippen molar-refractivity contribution in [2.24, 2.45) is 0 Å². The van der Waals surface area contributed by atoms with Crippen molar-refractivity contribution in [3.05, 3.63) is 0 Å². The number of hydrogen-bond acceptors (Lipinski definition) is 3. The largest absolute Gasteiger partial charge is 0.353 e. The molecule has 0 radical (unpaired) electrons. The van der Waals surface area contributed by atoms with Gasteiger partial charge in [0, 0.05) is 19.5 Å². The van der Waals surface area contributed by atoms with Crippen LogP contribution < -0.4 is 5.32 Å². The molecule has 1 heterocycles. The Morgan fingerprint density at radius 1 is 1.60 bits per heavy atom. The molecular weight excluding hydrogens is 192 g/mol. The van der Waals surface area contributed by atoms with E-state index in [4.69, 9.17) is 0 Å². The van der Waals surface area contributed by atoms with Crippen LogP contribution in [0.5, 0.6) is 0 Å². The third kappa shape index (κ3) is 3.63. The Morgan fingerprint density at radius 2 is 2.33 bits per heavy atom. The van der Waals surface area contributed by atoms with Crippen LogP contribution in [0.4, 0.5) is 0 Å². The minimum absolute atomic E-state index is 0.00529. The first kappa shape index (κ1) is 12.2. The zero-order valence-electron chi connectivity index (χ0n) is 9.58. The molecule has 0 spiro atoms. The van der Waals surface area contributed by atoms with Crippen molar-refractivity contribution in [2.75, 3.05) is 19.6 Å². The maximum absolute atomic E-state index is 11.5. The van der Waals surface area contributed by atoms with Crippen LogP contribution in [0.1, 0.15) is 33.1 Å². The summed E-state index contributed by atoms with van der Waals surface area (Å²) in [6.45, 7) is 6.12. The second-order valence-corrected chi connectivity index (χ2v) is 4.06. The number of piperazine rings is 1. The molecule has 1 saturated heterocycles. The lowest BCUT2D eigenvalue weighted by atomic mass is 10.1. The lowest BCUT2D eigenvalue weighted by molar-refractivity contribution is -0.129. The molecular formula is C11H20N2O2. The highest BCUT2D eigenvalue weighted by atomic mass is 16.2. The molecule has 0 aliphatic carbocycles. The zero-order valence-corrected chi connectivity index (χ0v) is 9.58. The van der Waals surface area contributed by atoms with Gasteiger partial charge in [-0.1, -0.05) is 6.92 Å². The Morgan fingerprint density at radius 3 is 2.93 bits per heavy atom. The van der Waals surface area contributed by atoms with Gasteiger partial charge in [0.05, 0.1) is 6.04 Å². The molecule has 0 aromatic heterocycles. The van der Waals surface area contributed by atoms with E-state index in [1.165, 1.54) is 0 Å². The Balaban J connectivity index is 2.37. The molecule has 1 N–H and O–H groups in total. The zero-order chi connectivity index (χ0) is 11.3. The van der Waals surface area contributed by atoms with E-state index in [0.717, 1.165) is 32.5 Å². The molecule has 1 rings (SSSR count). The Bertz CT molecular complexity index is 241. The second kappa shape index (κ2) is 5.85. The van der Waals surface area contributed by atoms with Crippen molar-refractivity contribution >= 4 is 11.7 Å². The fourth-order valence-corrected chi connectivity index (χ4v) is 2.00. The number of nitrogens with one attached hydrogen (secondary N) is 1. The number of Topliss-reactive ketones (excluding diaryl/α,β-unsaturated/α-hetero) is 1. The second-order valence-electron chi connectivity index (χ2n) is 4.06. The summed E-state index contributed by atoms with van der Waals surface area (Å²) in [5.74, 6) is 0.357. The van der Waals surface area contributed by atoms with Crippen LogP contribution in [0.2, 0.25) is 0 Å². The summed E-state index contributed by atoms with van der Waals surface area (Å²) >= 11 is 0. The van der Waals surface area contributed by atoms with Crippen LogP contribution in [0.15, 0.2) is 0 Å². The van der Waals surface area contributed by atoms with Crippen molar-refractivity contribution in [3.8, 4) is 0 Å². The van der Waals surface area contributed by atoms with E-state index < -0.39 is 0 Å². The van der Waals surface area contributed by atoms with Crippen LogP contribution in [-0.4, -0.2) is 42.3 Å². The van der Waals surface area contributed by atoms with Crippen LogP contribution in [0.3, 0.4) is 0 Å². The van der Waals surface area contributed by atoms with Crippen LogP contribution >= 0.6 is 0 Å². The summed E-state index contributed by atoms with van der Waals surface area (Å²) in [4.78, 5) is 24.5. The standard InChI is InChI=1S/C11H20N2O2/c1-3-10-11(15)12-6-8-13(10)7-4-5-9(2)14/h10H,3-8H2,1-2H3,(H,12,15). The lowest BCUT2D eigenvalue weighted by Gasteiger charge is -2.34. The topological polar surface area (TPSA) is 49.4 Å². The maximum Gasteiger partial charge on any atom is 0.237 e. The van der Waals surface area contributed by atoms with Gasteiger partial charge in [0.15, 0.2) is 0 Å². The first-order chi connectivity index (χ1) is 7.15. The molecule has 1 fully saturated rings. The van der Waals surface area contributed by atoms with Gasteiger partial charge in [0.25, 0.3) is 0 Å².